The lowest BCUT2D eigenvalue weighted by Crippen LogP contribution is -2.22. The van der Waals surface area contributed by atoms with E-state index in [-0.39, 0.29) is 5.16 Å². The van der Waals surface area contributed by atoms with Crippen LogP contribution in [-0.2, 0) is 11.3 Å². The summed E-state index contributed by atoms with van der Waals surface area (Å²) in [5.41, 5.74) is 5.87. The number of rotatable bonds is 5. The highest BCUT2D eigenvalue weighted by Gasteiger charge is 2.31. The first kappa shape index (κ1) is 15.3. The van der Waals surface area contributed by atoms with Crippen molar-refractivity contribution in [1.82, 2.24) is 20.2 Å². The van der Waals surface area contributed by atoms with Crippen molar-refractivity contribution in [3.63, 3.8) is 0 Å². The maximum Gasteiger partial charge on any atom is 0.408 e. The number of nitrogens with two attached hydrogens (primary N) is 1. The van der Waals surface area contributed by atoms with Crippen molar-refractivity contribution in [2.75, 3.05) is 0 Å². The number of benzene rings is 1. The van der Waals surface area contributed by atoms with E-state index in [1.54, 1.807) is 30.3 Å². The summed E-state index contributed by atoms with van der Waals surface area (Å²) in [4.78, 5) is 11.5. The van der Waals surface area contributed by atoms with Crippen LogP contribution in [0.3, 0.4) is 0 Å². The van der Waals surface area contributed by atoms with E-state index in [2.05, 4.69) is 15.5 Å². The molecule has 2 N–H and O–H groups in total. The predicted molar refractivity (Wildman–Crippen MR) is 68.1 cm³/mol. The van der Waals surface area contributed by atoms with Gasteiger partial charge in [0, 0.05) is 0 Å². The zero-order chi connectivity index (χ0) is 15.5. The number of thioether (sulfide) groups is 1. The Bertz CT molecular complexity index is 616. The van der Waals surface area contributed by atoms with Gasteiger partial charge in [-0.25, -0.2) is 4.68 Å². The molecule has 2 aromatic rings. The fraction of sp³-hybridized carbons (Fsp3) is 0.273. The number of nitrogens with zero attached hydrogens (tertiary/aromatic N) is 4. The van der Waals surface area contributed by atoms with Crippen LogP contribution in [0.2, 0.25) is 0 Å². The van der Waals surface area contributed by atoms with Gasteiger partial charge in [0.25, 0.3) is 0 Å². The predicted octanol–water partition coefficient (Wildman–Crippen LogP) is 1.55. The molecule has 0 saturated heterocycles. The van der Waals surface area contributed by atoms with Gasteiger partial charge in [-0.1, -0.05) is 42.1 Å². The van der Waals surface area contributed by atoms with Gasteiger partial charge in [-0.3, -0.25) is 4.79 Å². The van der Waals surface area contributed by atoms with Crippen LogP contribution in [-0.4, -0.2) is 32.3 Å². The third-order valence-electron chi connectivity index (χ3n) is 2.41. The van der Waals surface area contributed by atoms with Gasteiger partial charge in [0.1, 0.15) is 11.8 Å². The second-order valence-corrected chi connectivity index (χ2v) is 5.12. The maximum atomic E-state index is 12.4. The average Bonchev–Trinajstić information content (AvgIpc) is 2.81. The Balaban J connectivity index is 2.23. The van der Waals surface area contributed by atoms with E-state index < -0.39 is 23.9 Å². The zero-order valence-corrected chi connectivity index (χ0v) is 11.3. The molecule has 1 amide bonds. The number of tetrazole rings is 1. The van der Waals surface area contributed by atoms with Crippen molar-refractivity contribution in [3.8, 4) is 0 Å². The first-order valence-corrected chi connectivity index (χ1v) is 6.58. The van der Waals surface area contributed by atoms with E-state index in [0.29, 0.717) is 10.2 Å². The van der Waals surface area contributed by atoms with Gasteiger partial charge in [0.15, 0.2) is 0 Å². The molecule has 0 spiro atoms. The molecule has 0 aliphatic rings. The van der Waals surface area contributed by atoms with Crippen LogP contribution in [0, 0.1) is 0 Å². The highest BCUT2D eigenvalue weighted by Crippen LogP contribution is 2.34. The zero-order valence-electron chi connectivity index (χ0n) is 10.5. The molecule has 0 bridgehead atoms. The molecule has 0 aliphatic carbocycles. The first-order valence-electron chi connectivity index (χ1n) is 5.70. The minimum absolute atomic E-state index is 0.125. The van der Waals surface area contributed by atoms with Crippen molar-refractivity contribution in [2.45, 2.75) is 23.1 Å². The number of amides is 1. The van der Waals surface area contributed by atoms with E-state index in [1.165, 1.54) is 0 Å². The minimum atomic E-state index is -4.46. The highest BCUT2D eigenvalue weighted by atomic mass is 32.2. The van der Waals surface area contributed by atoms with Crippen molar-refractivity contribution >= 4 is 17.7 Å². The quantitative estimate of drug-likeness (QED) is 0.846. The van der Waals surface area contributed by atoms with Crippen LogP contribution < -0.4 is 5.73 Å². The van der Waals surface area contributed by atoms with Gasteiger partial charge >= 0.3 is 6.18 Å². The van der Waals surface area contributed by atoms with E-state index in [1.807, 2.05) is 0 Å². The van der Waals surface area contributed by atoms with Crippen LogP contribution in [0.1, 0.15) is 10.8 Å². The molecule has 0 saturated carbocycles. The van der Waals surface area contributed by atoms with Gasteiger partial charge in [-0.05, 0) is 16.0 Å². The fourth-order valence-corrected chi connectivity index (χ4v) is 2.50. The summed E-state index contributed by atoms with van der Waals surface area (Å²) in [5, 5.41) is 8.98. The van der Waals surface area contributed by atoms with Crippen molar-refractivity contribution < 1.29 is 18.0 Å². The summed E-state index contributed by atoms with van der Waals surface area (Å²) >= 11 is 0.776. The molecular formula is C11H10F3N5OS. The van der Waals surface area contributed by atoms with Crippen LogP contribution in [0.5, 0.6) is 0 Å². The lowest BCUT2D eigenvalue weighted by molar-refractivity contribution is -0.144. The molecule has 21 heavy (non-hydrogen) atoms. The smallest absolute Gasteiger partial charge is 0.368 e. The highest BCUT2D eigenvalue weighted by molar-refractivity contribution is 8.00. The van der Waals surface area contributed by atoms with E-state index >= 15 is 0 Å². The van der Waals surface area contributed by atoms with Gasteiger partial charge < -0.3 is 5.73 Å². The molecule has 0 radical (unpaired) electrons. The molecule has 10 heteroatoms. The molecule has 1 aromatic carbocycles. The molecule has 0 unspecified atom stereocenters. The Morgan fingerprint density at radius 2 is 2.00 bits per heavy atom. The van der Waals surface area contributed by atoms with Gasteiger partial charge in [-0.2, -0.15) is 13.2 Å². The van der Waals surface area contributed by atoms with Gasteiger partial charge in [-0.15, -0.1) is 5.10 Å². The normalized spacial score (nSPS) is 13.1. The van der Waals surface area contributed by atoms with Gasteiger partial charge in [0.2, 0.25) is 11.1 Å². The lowest BCUT2D eigenvalue weighted by Gasteiger charge is -2.13. The summed E-state index contributed by atoms with van der Waals surface area (Å²) in [6.45, 7) is -1.33. The molecule has 1 heterocycles. The Kier molecular flexibility index (Phi) is 4.46. The molecular weight excluding hydrogens is 307 g/mol. The van der Waals surface area contributed by atoms with Crippen LogP contribution in [0.4, 0.5) is 13.2 Å². The minimum Gasteiger partial charge on any atom is -0.368 e. The first-order chi connectivity index (χ1) is 9.87. The van der Waals surface area contributed by atoms with Crippen molar-refractivity contribution in [3.05, 3.63) is 35.9 Å². The Morgan fingerprint density at radius 3 is 2.57 bits per heavy atom. The van der Waals surface area contributed by atoms with Crippen LogP contribution >= 0.6 is 11.8 Å². The van der Waals surface area contributed by atoms with E-state index in [4.69, 9.17) is 5.73 Å². The van der Waals surface area contributed by atoms with Crippen molar-refractivity contribution in [1.29, 1.82) is 0 Å². The summed E-state index contributed by atoms with van der Waals surface area (Å²) < 4.78 is 37.8. The van der Waals surface area contributed by atoms with Crippen molar-refractivity contribution in [2.24, 2.45) is 5.73 Å². The van der Waals surface area contributed by atoms with E-state index in [9.17, 15) is 18.0 Å². The largest absolute Gasteiger partial charge is 0.408 e. The number of hydrogen-bond acceptors (Lipinski definition) is 5. The number of alkyl halides is 3. The summed E-state index contributed by atoms with van der Waals surface area (Å²) in [6.07, 6.45) is -4.46. The molecule has 0 aliphatic heterocycles. The third-order valence-corrected chi connectivity index (χ3v) is 3.66. The number of carbonyl (C=O) groups is 1. The molecule has 2 rings (SSSR count). The number of aromatic nitrogens is 4. The second-order valence-electron chi connectivity index (χ2n) is 4.05. The van der Waals surface area contributed by atoms with Crippen LogP contribution in [0.15, 0.2) is 35.5 Å². The van der Waals surface area contributed by atoms with E-state index in [0.717, 1.165) is 11.8 Å². The number of halogens is 3. The summed E-state index contributed by atoms with van der Waals surface area (Å²) in [5.74, 6) is -0.687. The third kappa shape index (κ3) is 4.18. The second kappa shape index (κ2) is 6.12. The molecule has 6 nitrogen and oxygen atoms in total. The number of carbonyl (C=O) groups excluding carboxylic acids is 1. The summed E-state index contributed by atoms with van der Waals surface area (Å²) in [7, 11) is 0. The molecule has 0 fully saturated rings. The Labute approximate surface area is 121 Å². The average molecular weight is 317 g/mol. The molecule has 1 atom stereocenters. The molecule has 112 valence electrons. The topological polar surface area (TPSA) is 86.7 Å². The lowest BCUT2D eigenvalue weighted by atomic mass is 10.1. The summed E-state index contributed by atoms with van der Waals surface area (Å²) in [6, 6.07) is 8.45. The maximum absolute atomic E-state index is 12.4. The SMILES string of the molecule is NC(=O)[C@@H](Sc1nnnn1CC(F)(F)F)c1ccccc1. The Hall–Kier alpha value is -2.10. The standard InChI is InChI=1S/C11H10F3N5OS/c12-11(13,14)6-19-10(16-17-18-19)21-8(9(15)20)7-4-2-1-3-5-7/h1-5,8H,6H2,(H2,15,20)/t8-/m0/s1. The Morgan fingerprint density at radius 1 is 1.33 bits per heavy atom. The van der Waals surface area contributed by atoms with Gasteiger partial charge in [0.05, 0.1) is 0 Å². The van der Waals surface area contributed by atoms with Crippen LogP contribution in [0.25, 0.3) is 0 Å². The number of hydrogen-bond donors (Lipinski definition) is 1. The monoisotopic (exact) mass is 317 g/mol. The fourth-order valence-electron chi connectivity index (χ4n) is 1.57. The number of primary amides is 1. The molecule has 1 aromatic heterocycles.